The first kappa shape index (κ1) is 19.3. The number of hydrogen-bond acceptors (Lipinski definition) is 4. The molecule has 1 saturated heterocycles. The maximum atomic E-state index is 12.5. The van der Waals surface area contributed by atoms with Crippen LogP contribution in [0.4, 0.5) is 19.0 Å². The van der Waals surface area contributed by atoms with Gasteiger partial charge in [-0.3, -0.25) is 9.59 Å². The number of nitrogens with zero attached hydrogens (tertiary/aromatic N) is 2. The van der Waals surface area contributed by atoms with Gasteiger partial charge in [0.15, 0.2) is 0 Å². The van der Waals surface area contributed by atoms with Crippen molar-refractivity contribution in [3.05, 3.63) is 22.8 Å². The van der Waals surface area contributed by atoms with Gasteiger partial charge in [-0.2, -0.15) is 13.2 Å². The molecule has 1 aliphatic rings. The highest BCUT2D eigenvalue weighted by atomic mass is 35.5. The largest absolute Gasteiger partial charge is 0.481 e. The number of carbonyl (C=O) groups is 2. The van der Waals surface area contributed by atoms with Crippen LogP contribution in [0.15, 0.2) is 12.3 Å². The molecule has 0 saturated carbocycles. The molecule has 10 heteroatoms. The van der Waals surface area contributed by atoms with E-state index in [1.165, 1.54) is 4.90 Å². The number of anilines is 1. The predicted molar refractivity (Wildman–Crippen MR) is 84.3 cm³/mol. The number of halogens is 4. The zero-order valence-electron chi connectivity index (χ0n) is 13.4. The van der Waals surface area contributed by atoms with Crippen LogP contribution < -0.4 is 5.32 Å². The van der Waals surface area contributed by atoms with E-state index in [1.54, 1.807) is 6.92 Å². The maximum absolute atomic E-state index is 12.5. The fraction of sp³-hybridized carbons (Fsp3) is 0.533. The summed E-state index contributed by atoms with van der Waals surface area (Å²) in [5, 5.41) is 11.7. The van der Waals surface area contributed by atoms with Gasteiger partial charge in [0, 0.05) is 32.3 Å². The normalized spacial score (nSPS) is 20.6. The SMILES string of the molecule is CC1(C(=O)O)CCN(C(=O)CCNc2ncc(C(F)(F)F)cc2Cl)C1. The van der Waals surface area contributed by atoms with Gasteiger partial charge in [-0.05, 0) is 19.4 Å². The molecule has 25 heavy (non-hydrogen) atoms. The van der Waals surface area contributed by atoms with Crippen LogP contribution in [0.5, 0.6) is 0 Å². The average molecular weight is 380 g/mol. The minimum absolute atomic E-state index is 0.0503. The van der Waals surface area contributed by atoms with Gasteiger partial charge >= 0.3 is 12.1 Å². The number of likely N-dealkylation sites (tertiary alicyclic amines) is 1. The Morgan fingerprint density at radius 3 is 2.68 bits per heavy atom. The number of amides is 1. The standard InChI is InChI=1S/C15H17ClF3N3O3/c1-14(13(24)25)3-5-22(8-14)11(23)2-4-20-12-10(16)6-9(7-21-12)15(17,18)19/h6-7H,2-5,8H2,1H3,(H,20,21)(H,24,25). The third-order valence-corrected chi connectivity index (χ3v) is 4.43. The number of pyridine rings is 1. The Morgan fingerprint density at radius 2 is 2.16 bits per heavy atom. The summed E-state index contributed by atoms with van der Waals surface area (Å²) < 4.78 is 37.6. The molecule has 0 aliphatic carbocycles. The van der Waals surface area contributed by atoms with E-state index in [2.05, 4.69) is 10.3 Å². The third kappa shape index (κ3) is 4.53. The zero-order valence-corrected chi connectivity index (χ0v) is 14.1. The fourth-order valence-electron chi connectivity index (χ4n) is 2.52. The number of aliphatic carboxylic acids is 1. The third-order valence-electron chi connectivity index (χ3n) is 4.14. The van der Waals surface area contributed by atoms with E-state index < -0.39 is 23.1 Å². The van der Waals surface area contributed by atoms with E-state index in [0.29, 0.717) is 19.2 Å². The molecule has 1 unspecified atom stereocenters. The number of alkyl halides is 3. The van der Waals surface area contributed by atoms with Gasteiger partial charge in [-0.1, -0.05) is 11.6 Å². The van der Waals surface area contributed by atoms with Gasteiger partial charge < -0.3 is 15.3 Å². The fourth-order valence-corrected chi connectivity index (χ4v) is 2.75. The summed E-state index contributed by atoms with van der Waals surface area (Å²) in [6, 6.07) is 0.761. The molecule has 6 nitrogen and oxygen atoms in total. The molecule has 138 valence electrons. The Kier molecular flexibility index (Phi) is 5.46. The molecule has 1 amide bonds. The summed E-state index contributed by atoms with van der Waals surface area (Å²) in [4.78, 5) is 28.4. The number of carbonyl (C=O) groups excluding carboxylic acids is 1. The van der Waals surface area contributed by atoms with Crippen molar-refractivity contribution in [3.63, 3.8) is 0 Å². The molecule has 1 aromatic heterocycles. The van der Waals surface area contributed by atoms with Crippen molar-refractivity contribution in [3.8, 4) is 0 Å². The highest BCUT2D eigenvalue weighted by Crippen LogP contribution is 2.32. The zero-order chi connectivity index (χ0) is 18.8. The van der Waals surface area contributed by atoms with Crippen molar-refractivity contribution in [2.75, 3.05) is 25.0 Å². The summed E-state index contributed by atoms with van der Waals surface area (Å²) in [5.74, 6) is -1.12. The van der Waals surface area contributed by atoms with E-state index in [9.17, 15) is 22.8 Å². The van der Waals surface area contributed by atoms with Crippen LogP contribution in [-0.2, 0) is 15.8 Å². The molecular formula is C15H17ClF3N3O3. The first-order valence-corrected chi connectivity index (χ1v) is 7.88. The van der Waals surface area contributed by atoms with E-state index in [-0.39, 0.29) is 36.3 Å². The molecule has 1 atom stereocenters. The molecule has 1 fully saturated rings. The number of hydrogen-bond donors (Lipinski definition) is 2. The topological polar surface area (TPSA) is 82.5 Å². The molecule has 0 spiro atoms. The first-order chi connectivity index (χ1) is 11.5. The monoisotopic (exact) mass is 379 g/mol. The number of aromatic nitrogens is 1. The molecule has 0 aromatic carbocycles. The second-order valence-electron chi connectivity index (χ2n) is 6.16. The Balaban J connectivity index is 1.87. The van der Waals surface area contributed by atoms with Gasteiger partial charge in [0.1, 0.15) is 5.82 Å². The second-order valence-corrected chi connectivity index (χ2v) is 6.57. The second kappa shape index (κ2) is 7.07. The number of carboxylic acids is 1. The van der Waals surface area contributed by atoms with E-state index in [0.717, 1.165) is 6.07 Å². The lowest BCUT2D eigenvalue weighted by atomic mass is 9.90. The Morgan fingerprint density at radius 1 is 1.48 bits per heavy atom. The lowest BCUT2D eigenvalue weighted by Gasteiger charge is -2.20. The van der Waals surface area contributed by atoms with Crippen molar-refractivity contribution in [1.82, 2.24) is 9.88 Å². The van der Waals surface area contributed by atoms with Crippen molar-refractivity contribution < 1.29 is 27.9 Å². The predicted octanol–water partition coefficient (Wildman–Crippen LogP) is 2.88. The summed E-state index contributed by atoms with van der Waals surface area (Å²) in [5.41, 5.74) is -1.90. The summed E-state index contributed by atoms with van der Waals surface area (Å²) in [6.45, 7) is 2.21. The van der Waals surface area contributed by atoms with Crippen LogP contribution in [0, 0.1) is 5.41 Å². The molecular weight excluding hydrogens is 363 g/mol. The molecule has 2 rings (SSSR count). The first-order valence-electron chi connectivity index (χ1n) is 7.51. The Bertz CT molecular complexity index is 684. The smallest absolute Gasteiger partial charge is 0.417 e. The average Bonchev–Trinajstić information content (AvgIpc) is 2.92. The quantitative estimate of drug-likeness (QED) is 0.822. The van der Waals surface area contributed by atoms with E-state index >= 15 is 0 Å². The van der Waals surface area contributed by atoms with Crippen molar-refractivity contribution in [2.24, 2.45) is 5.41 Å². The van der Waals surface area contributed by atoms with Crippen LogP contribution in [0.3, 0.4) is 0 Å². The van der Waals surface area contributed by atoms with Gasteiger partial charge in [0.25, 0.3) is 0 Å². The van der Waals surface area contributed by atoms with Crippen molar-refractivity contribution in [1.29, 1.82) is 0 Å². The minimum atomic E-state index is -4.53. The van der Waals surface area contributed by atoms with Crippen LogP contribution in [-0.4, -0.2) is 46.5 Å². The van der Waals surface area contributed by atoms with Crippen LogP contribution >= 0.6 is 11.6 Å². The lowest BCUT2D eigenvalue weighted by molar-refractivity contribution is -0.147. The maximum Gasteiger partial charge on any atom is 0.417 e. The highest BCUT2D eigenvalue weighted by molar-refractivity contribution is 6.32. The lowest BCUT2D eigenvalue weighted by Crippen LogP contribution is -2.35. The molecule has 2 N–H and O–H groups in total. The van der Waals surface area contributed by atoms with E-state index in [4.69, 9.17) is 16.7 Å². The van der Waals surface area contributed by atoms with Crippen molar-refractivity contribution >= 4 is 29.3 Å². The molecule has 1 aliphatic heterocycles. The number of carboxylic acid groups (broad SMARTS) is 1. The van der Waals surface area contributed by atoms with Gasteiger partial charge in [-0.25, -0.2) is 4.98 Å². The van der Waals surface area contributed by atoms with Crippen molar-refractivity contribution in [2.45, 2.75) is 25.9 Å². The molecule has 2 heterocycles. The number of nitrogens with one attached hydrogen (secondary N) is 1. The molecule has 0 radical (unpaired) electrons. The summed E-state index contributed by atoms with van der Waals surface area (Å²) in [7, 11) is 0. The highest BCUT2D eigenvalue weighted by Gasteiger charge is 2.41. The minimum Gasteiger partial charge on any atom is -0.481 e. The Hall–Kier alpha value is -2.03. The Labute approximate surface area is 147 Å². The summed E-state index contributed by atoms with van der Waals surface area (Å²) in [6.07, 6.45) is -3.44. The molecule has 0 bridgehead atoms. The van der Waals surface area contributed by atoms with Crippen LogP contribution in [0.1, 0.15) is 25.3 Å². The van der Waals surface area contributed by atoms with Gasteiger partial charge in [-0.15, -0.1) is 0 Å². The van der Waals surface area contributed by atoms with E-state index in [1.807, 2.05) is 0 Å². The number of rotatable bonds is 5. The van der Waals surface area contributed by atoms with Crippen LogP contribution in [0.2, 0.25) is 5.02 Å². The van der Waals surface area contributed by atoms with Gasteiger partial charge in [0.2, 0.25) is 5.91 Å². The summed E-state index contributed by atoms with van der Waals surface area (Å²) >= 11 is 5.76. The van der Waals surface area contributed by atoms with Gasteiger partial charge in [0.05, 0.1) is 16.0 Å². The van der Waals surface area contributed by atoms with Crippen LogP contribution in [0.25, 0.3) is 0 Å². The molecule has 1 aromatic rings.